The molecule has 0 aliphatic heterocycles. The van der Waals surface area contributed by atoms with Gasteiger partial charge in [-0.2, -0.15) is 0 Å². The van der Waals surface area contributed by atoms with Crippen LogP contribution in [-0.4, -0.2) is 18.3 Å². The fourth-order valence-corrected chi connectivity index (χ4v) is 6.61. The van der Waals surface area contributed by atoms with Crippen LogP contribution in [0.1, 0.15) is 57.9 Å². The zero-order valence-electron chi connectivity index (χ0n) is 16.5. The number of allylic oxidation sites excluding steroid dienone is 3. The number of phenols is 2. The summed E-state index contributed by atoms with van der Waals surface area (Å²) in [6.45, 7) is 15.2. The van der Waals surface area contributed by atoms with Crippen LogP contribution < -0.4 is 5.19 Å². The molecule has 2 N–H and O–H groups in total. The minimum atomic E-state index is -1.64. The molecule has 0 heterocycles. The average molecular weight is 359 g/mol. The van der Waals surface area contributed by atoms with E-state index in [0.717, 1.165) is 23.6 Å². The number of hydrogen-bond acceptors (Lipinski definition) is 2. The lowest BCUT2D eigenvalue weighted by Crippen LogP contribution is -2.41. The number of hydrogen-bond donors (Lipinski definition) is 2. The van der Waals surface area contributed by atoms with E-state index in [2.05, 4.69) is 46.5 Å². The number of phenolic OH excluding ortho intramolecular Hbond substituents is 2. The fourth-order valence-electron chi connectivity index (χ4n) is 4.02. The van der Waals surface area contributed by atoms with Crippen molar-refractivity contribution < 1.29 is 10.2 Å². The molecular formula is C22H34O2Si. The summed E-state index contributed by atoms with van der Waals surface area (Å²) in [5.41, 5.74) is 3.12. The molecule has 138 valence electrons. The van der Waals surface area contributed by atoms with Crippen molar-refractivity contribution in [3.05, 3.63) is 41.5 Å². The molecule has 0 radical (unpaired) electrons. The van der Waals surface area contributed by atoms with E-state index in [0.29, 0.717) is 5.56 Å². The van der Waals surface area contributed by atoms with Crippen LogP contribution in [0.5, 0.6) is 11.5 Å². The van der Waals surface area contributed by atoms with Gasteiger partial charge in [-0.1, -0.05) is 67.9 Å². The summed E-state index contributed by atoms with van der Waals surface area (Å²) in [4.78, 5) is 0. The monoisotopic (exact) mass is 358 g/mol. The van der Waals surface area contributed by atoms with Crippen molar-refractivity contribution in [3.63, 3.8) is 0 Å². The summed E-state index contributed by atoms with van der Waals surface area (Å²) in [5, 5.41) is 22.7. The van der Waals surface area contributed by atoms with Gasteiger partial charge < -0.3 is 10.2 Å². The van der Waals surface area contributed by atoms with Gasteiger partial charge in [0, 0.05) is 11.5 Å². The van der Waals surface area contributed by atoms with Gasteiger partial charge in [0.2, 0.25) is 0 Å². The van der Waals surface area contributed by atoms with E-state index in [-0.39, 0.29) is 23.3 Å². The summed E-state index contributed by atoms with van der Waals surface area (Å²) in [7, 11) is -1.64. The first-order valence-corrected chi connectivity index (χ1v) is 12.8. The highest BCUT2D eigenvalue weighted by atomic mass is 28.3. The number of aromatic hydroxyl groups is 2. The number of rotatable bonds is 6. The van der Waals surface area contributed by atoms with Gasteiger partial charge in [-0.25, -0.2) is 0 Å². The van der Waals surface area contributed by atoms with Gasteiger partial charge in [0.25, 0.3) is 0 Å². The van der Waals surface area contributed by atoms with Gasteiger partial charge in [-0.15, -0.1) is 0 Å². The molecule has 1 aromatic rings. The molecule has 0 saturated carbocycles. The molecule has 0 fully saturated rings. The molecule has 0 bridgehead atoms. The molecule has 3 heteroatoms. The van der Waals surface area contributed by atoms with Gasteiger partial charge in [0.05, 0.1) is 8.07 Å². The van der Waals surface area contributed by atoms with Gasteiger partial charge in [0.1, 0.15) is 11.5 Å². The van der Waals surface area contributed by atoms with Crippen LogP contribution in [0.25, 0.3) is 0 Å². The fraction of sp³-hybridized carbons (Fsp3) is 0.545. The third-order valence-corrected chi connectivity index (χ3v) is 9.24. The van der Waals surface area contributed by atoms with Crippen LogP contribution in [-0.2, 0) is 0 Å². The van der Waals surface area contributed by atoms with Crippen molar-refractivity contribution in [2.45, 2.75) is 71.5 Å². The van der Waals surface area contributed by atoms with E-state index in [1.54, 1.807) is 0 Å². The van der Waals surface area contributed by atoms with E-state index in [4.69, 9.17) is 0 Å². The molecule has 0 unspecified atom stereocenters. The largest absolute Gasteiger partial charge is 0.508 e. The summed E-state index contributed by atoms with van der Waals surface area (Å²) in [6.07, 6.45) is 6.67. The van der Waals surface area contributed by atoms with Gasteiger partial charge >= 0.3 is 0 Å². The molecule has 1 aromatic carbocycles. The second kappa shape index (κ2) is 7.82. The molecule has 1 aliphatic rings. The third kappa shape index (κ3) is 4.38. The minimum absolute atomic E-state index is 0.0146. The maximum absolute atomic E-state index is 10.8. The first-order valence-electron chi connectivity index (χ1n) is 9.56. The molecule has 0 amide bonds. The van der Waals surface area contributed by atoms with E-state index in [9.17, 15) is 10.2 Å². The van der Waals surface area contributed by atoms with E-state index >= 15 is 0 Å². The molecule has 0 aromatic heterocycles. The summed E-state index contributed by atoms with van der Waals surface area (Å²) < 4.78 is 0. The Morgan fingerprint density at radius 2 is 1.84 bits per heavy atom. The Hall–Kier alpha value is -1.48. The third-order valence-electron chi connectivity index (χ3n) is 5.79. The van der Waals surface area contributed by atoms with Crippen LogP contribution in [0.3, 0.4) is 0 Å². The Labute approximate surface area is 154 Å². The van der Waals surface area contributed by atoms with E-state index in [1.165, 1.54) is 24.5 Å². The number of benzene rings is 1. The predicted octanol–water partition coefficient (Wildman–Crippen LogP) is 5.83. The predicted molar refractivity (Wildman–Crippen MR) is 111 cm³/mol. The average Bonchev–Trinajstić information content (AvgIpc) is 2.52. The van der Waals surface area contributed by atoms with E-state index < -0.39 is 8.07 Å². The highest BCUT2D eigenvalue weighted by Gasteiger charge is 2.32. The molecule has 2 atom stereocenters. The van der Waals surface area contributed by atoms with Crippen molar-refractivity contribution in [2.24, 2.45) is 5.92 Å². The Balaban J connectivity index is 2.46. The van der Waals surface area contributed by atoms with Crippen molar-refractivity contribution in [2.75, 3.05) is 0 Å². The first kappa shape index (κ1) is 19.8. The topological polar surface area (TPSA) is 40.5 Å². The number of unbranched alkanes of at least 4 members (excludes halogenated alkanes) is 1. The molecule has 0 saturated heterocycles. The SMILES string of the molecule is C=C(C)[C@H]1CCC(C)=C[C@@H]1c1c(O)cc([Si](C)(C)CCCC)cc1O. The maximum atomic E-state index is 10.8. The molecule has 0 spiro atoms. The lowest BCUT2D eigenvalue weighted by Gasteiger charge is -2.32. The maximum Gasteiger partial charge on any atom is 0.122 e. The van der Waals surface area contributed by atoms with Crippen molar-refractivity contribution in [1.82, 2.24) is 0 Å². The Kier molecular flexibility index (Phi) is 6.20. The quantitative estimate of drug-likeness (QED) is 0.496. The summed E-state index contributed by atoms with van der Waals surface area (Å²) in [5.74, 6) is 0.779. The van der Waals surface area contributed by atoms with Crippen LogP contribution in [0.15, 0.2) is 35.9 Å². The lowest BCUT2D eigenvalue weighted by atomic mass is 9.74. The second-order valence-corrected chi connectivity index (χ2v) is 13.3. The Morgan fingerprint density at radius 3 is 2.36 bits per heavy atom. The first-order chi connectivity index (χ1) is 11.7. The normalized spacial score (nSPS) is 21.1. The molecule has 2 nitrogen and oxygen atoms in total. The molecule has 1 aliphatic carbocycles. The standard InChI is InChI=1S/C22H34O2Si/c1-7-8-11-25(5,6)17-13-20(23)22(21(24)14-17)19-12-16(4)9-10-18(19)15(2)3/h12-14,18-19,23-24H,2,7-11H2,1,3-6H3/t18-,19+/m1/s1. The van der Waals surface area contributed by atoms with Crippen molar-refractivity contribution >= 4 is 13.3 Å². The molecule has 2 rings (SSSR count). The molecular weight excluding hydrogens is 324 g/mol. The zero-order chi connectivity index (χ0) is 18.8. The van der Waals surface area contributed by atoms with Crippen LogP contribution in [0.2, 0.25) is 19.1 Å². The molecule has 25 heavy (non-hydrogen) atoms. The van der Waals surface area contributed by atoms with E-state index in [1.807, 2.05) is 12.1 Å². The van der Waals surface area contributed by atoms with Gasteiger partial charge in [-0.3, -0.25) is 0 Å². The summed E-state index contributed by atoms with van der Waals surface area (Å²) in [6, 6.07) is 5.02. The highest BCUT2D eigenvalue weighted by Crippen LogP contribution is 2.45. The van der Waals surface area contributed by atoms with Gasteiger partial charge in [-0.05, 0) is 44.7 Å². The van der Waals surface area contributed by atoms with Crippen molar-refractivity contribution in [1.29, 1.82) is 0 Å². The zero-order valence-corrected chi connectivity index (χ0v) is 17.5. The smallest absolute Gasteiger partial charge is 0.122 e. The van der Waals surface area contributed by atoms with Crippen LogP contribution in [0, 0.1) is 5.92 Å². The Bertz CT molecular complexity index is 650. The minimum Gasteiger partial charge on any atom is -0.508 e. The highest BCUT2D eigenvalue weighted by molar-refractivity contribution is 6.89. The van der Waals surface area contributed by atoms with Crippen LogP contribution in [0.4, 0.5) is 0 Å². The second-order valence-electron chi connectivity index (χ2n) is 8.45. The van der Waals surface area contributed by atoms with Crippen LogP contribution >= 0.6 is 0 Å². The van der Waals surface area contributed by atoms with Gasteiger partial charge in [0.15, 0.2) is 0 Å². The lowest BCUT2D eigenvalue weighted by molar-refractivity contribution is 0.407. The van der Waals surface area contributed by atoms with Crippen molar-refractivity contribution in [3.8, 4) is 11.5 Å². The summed E-state index contributed by atoms with van der Waals surface area (Å²) >= 11 is 0. The Morgan fingerprint density at radius 1 is 1.24 bits per heavy atom.